The van der Waals surface area contributed by atoms with Gasteiger partial charge in [0, 0.05) is 10.9 Å². The van der Waals surface area contributed by atoms with Crippen molar-refractivity contribution in [2.75, 3.05) is 0 Å². The number of aromatic nitrogens is 2. The average Bonchev–Trinajstić information content (AvgIpc) is 2.73. The summed E-state index contributed by atoms with van der Waals surface area (Å²) in [6.07, 6.45) is 0. The second-order valence-corrected chi connectivity index (χ2v) is 4.44. The molecule has 74 valence electrons. The molecule has 0 fully saturated rings. The van der Waals surface area contributed by atoms with Crippen LogP contribution in [0.4, 0.5) is 0 Å². The first kappa shape index (κ1) is 9.36. The molecule has 2 N–H and O–H groups in total. The van der Waals surface area contributed by atoms with Gasteiger partial charge in [0.2, 0.25) is 11.7 Å². The fraction of sp³-hybridized carbons (Fsp3) is 0.333. The number of thiophene rings is 1. The molecule has 14 heavy (non-hydrogen) atoms. The maximum absolute atomic E-state index is 5.83. The lowest BCUT2D eigenvalue weighted by Crippen LogP contribution is -2.28. The first-order valence-corrected chi connectivity index (χ1v) is 5.17. The zero-order chi connectivity index (χ0) is 10.2. The Balaban J connectivity index is 2.36. The van der Waals surface area contributed by atoms with Crippen LogP contribution in [-0.4, -0.2) is 10.1 Å². The molecule has 2 heterocycles. The summed E-state index contributed by atoms with van der Waals surface area (Å²) in [5, 5.41) is 7.81. The molecule has 0 spiro atoms. The molecule has 0 saturated heterocycles. The van der Waals surface area contributed by atoms with Crippen LogP contribution in [0.25, 0.3) is 11.4 Å². The van der Waals surface area contributed by atoms with Crippen molar-refractivity contribution in [3.8, 4) is 11.4 Å². The molecule has 2 aromatic rings. The number of nitrogens with two attached hydrogens (primary N) is 1. The third-order valence-electron chi connectivity index (χ3n) is 1.76. The Morgan fingerprint density at radius 2 is 2.29 bits per heavy atom. The van der Waals surface area contributed by atoms with Gasteiger partial charge in [0.05, 0.1) is 5.54 Å². The minimum absolute atomic E-state index is 0.457. The van der Waals surface area contributed by atoms with Crippen molar-refractivity contribution in [3.05, 3.63) is 22.7 Å². The minimum Gasteiger partial charge on any atom is -0.337 e. The van der Waals surface area contributed by atoms with Crippen LogP contribution in [0.2, 0.25) is 0 Å². The Labute approximate surface area is 85.7 Å². The normalized spacial score (nSPS) is 11.9. The molecule has 0 bridgehead atoms. The molecule has 2 aromatic heterocycles. The molecule has 2 rings (SSSR count). The average molecular weight is 209 g/mol. The van der Waals surface area contributed by atoms with Crippen LogP contribution < -0.4 is 5.73 Å². The van der Waals surface area contributed by atoms with E-state index in [0.29, 0.717) is 11.7 Å². The maximum atomic E-state index is 5.83. The van der Waals surface area contributed by atoms with Crippen molar-refractivity contribution in [2.45, 2.75) is 19.4 Å². The van der Waals surface area contributed by atoms with E-state index in [4.69, 9.17) is 10.3 Å². The Bertz CT molecular complexity index is 413. The predicted octanol–water partition coefficient (Wildman–Crippen LogP) is 1.99. The van der Waals surface area contributed by atoms with Gasteiger partial charge in [-0.1, -0.05) is 5.16 Å². The lowest BCUT2D eigenvalue weighted by Gasteiger charge is -2.10. The van der Waals surface area contributed by atoms with E-state index in [-0.39, 0.29) is 0 Å². The van der Waals surface area contributed by atoms with Gasteiger partial charge in [-0.05, 0) is 25.3 Å². The van der Waals surface area contributed by atoms with Crippen LogP contribution in [0.5, 0.6) is 0 Å². The van der Waals surface area contributed by atoms with Crippen LogP contribution in [0.3, 0.4) is 0 Å². The fourth-order valence-corrected chi connectivity index (χ4v) is 1.63. The zero-order valence-corrected chi connectivity index (χ0v) is 8.84. The summed E-state index contributed by atoms with van der Waals surface area (Å²) in [5.74, 6) is 1.05. The number of hydrogen-bond acceptors (Lipinski definition) is 5. The summed E-state index contributed by atoms with van der Waals surface area (Å²) in [4.78, 5) is 4.23. The second kappa shape index (κ2) is 3.18. The summed E-state index contributed by atoms with van der Waals surface area (Å²) in [5.41, 5.74) is 6.21. The zero-order valence-electron chi connectivity index (χ0n) is 8.02. The molecular formula is C9H11N3OS. The van der Waals surface area contributed by atoms with Gasteiger partial charge in [0.25, 0.3) is 0 Å². The van der Waals surface area contributed by atoms with Crippen LogP contribution in [0, 0.1) is 0 Å². The molecule has 5 heteroatoms. The molecule has 4 nitrogen and oxygen atoms in total. The Kier molecular flexibility index (Phi) is 2.13. The molecule has 0 aliphatic heterocycles. The highest BCUT2D eigenvalue weighted by Crippen LogP contribution is 2.21. The largest absolute Gasteiger partial charge is 0.337 e. The van der Waals surface area contributed by atoms with Crippen LogP contribution in [0.15, 0.2) is 21.3 Å². The van der Waals surface area contributed by atoms with E-state index >= 15 is 0 Å². The van der Waals surface area contributed by atoms with E-state index in [2.05, 4.69) is 10.1 Å². The standard InChI is InChI=1S/C9H11N3OS/c1-9(2,10)8-11-7(12-13-8)6-3-4-14-5-6/h3-5H,10H2,1-2H3. The van der Waals surface area contributed by atoms with E-state index in [0.717, 1.165) is 5.56 Å². The number of nitrogens with zero attached hydrogens (tertiary/aromatic N) is 2. The van der Waals surface area contributed by atoms with Crippen molar-refractivity contribution in [1.29, 1.82) is 0 Å². The summed E-state index contributed by atoms with van der Waals surface area (Å²) in [6, 6.07) is 1.95. The maximum Gasteiger partial charge on any atom is 0.246 e. The molecule has 0 saturated carbocycles. The van der Waals surface area contributed by atoms with Crippen LogP contribution >= 0.6 is 11.3 Å². The molecule has 0 aliphatic rings. The van der Waals surface area contributed by atoms with Crippen LogP contribution in [-0.2, 0) is 5.54 Å². The summed E-state index contributed by atoms with van der Waals surface area (Å²) in [7, 11) is 0. The fourth-order valence-electron chi connectivity index (χ4n) is 0.994. The second-order valence-electron chi connectivity index (χ2n) is 3.66. The van der Waals surface area contributed by atoms with Crippen molar-refractivity contribution in [1.82, 2.24) is 10.1 Å². The van der Waals surface area contributed by atoms with Gasteiger partial charge in [-0.3, -0.25) is 0 Å². The Morgan fingerprint density at radius 3 is 2.79 bits per heavy atom. The molecule has 0 aromatic carbocycles. The highest BCUT2D eigenvalue weighted by molar-refractivity contribution is 7.08. The van der Waals surface area contributed by atoms with Crippen molar-refractivity contribution in [3.63, 3.8) is 0 Å². The molecule has 0 unspecified atom stereocenters. The Hall–Kier alpha value is -1.20. The lowest BCUT2D eigenvalue weighted by molar-refractivity contribution is 0.312. The molecule has 0 radical (unpaired) electrons. The molecule has 0 amide bonds. The van der Waals surface area contributed by atoms with Gasteiger partial charge in [-0.25, -0.2) is 0 Å². The summed E-state index contributed by atoms with van der Waals surface area (Å²) in [6.45, 7) is 3.66. The molecule has 0 aliphatic carbocycles. The van der Waals surface area contributed by atoms with E-state index in [1.54, 1.807) is 11.3 Å². The number of rotatable bonds is 2. The SMILES string of the molecule is CC(C)(N)c1nc(-c2ccsc2)no1. The smallest absolute Gasteiger partial charge is 0.246 e. The summed E-state index contributed by atoms with van der Waals surface area (Å²) >= 11 is 1.60. The molecular weight excluding hydrogens is 198 g/mol. The van der Waals surface area contributed by atoms with Gasteiger partial charge in [-0.2, -0.15) is 16.3 Å². The third kappa shape index (κ3) is 1.69. The van der Waals surface area contributed by atoms with Crippen LogP contribution in [0.1, 0.15) is 19.7 Å². The first-order chi connectivity index (χ1) is 6.57. The van der Waals surface area contributed by atoms with E-state index in [9.17, 15) is 0 Å². The quantitative estimate of drug-likeness (QED) is 0.821. The third-order valence-corrected chi connectivity index (χ3v) is 2.44. The van der Waals surface area contributed by atoms with Gasteiger partial charge in [0.15, 0.2) is 0 Å². The Morgan fingerprint density at radius 1 is 1.50 bits per heavy atom. The van der Waals surface area contributed by atoms with Crippen molar-refractivity contribution >= 4 is 11.3 Å². The van der Waals surface area contributed by atoms with E-state index in [1.807, 2.05) is 30.7 Å². The van der Waals surface area contributed by atoms with Gasteiger partial charge < -0.3 is 10.3 Å². The van der Waals surface area contributed by atoms with Gasteiger partial charge in [0.1, 0.15) is 0 Å². The van der Waals surface area contributed by atoms with Gasteiger partial charge >= 0.3 is 0 Å². The minimum atomic E-state index is -0.582. The monoisotopic (exact) mass is 209 g/mol. The molecule has 0 atom stereocenters. The number of hydrogen-bond donors (Lipinski definition) is 1. The topological polar surface area (TPSA) is 64.9 Å². The van der Waals surface area contributed by atoms with Gasteiger partial charge in [-0.15, -0.1) is 0 Å². The predicted molar refractivity (Wildman–Crippen MR) is 54.8 cm³/mol. The van der Waals surface area contributed by atoms with E-state index in [1.165, 1.54) is 0 Å². The highest BCUT2D eigenvalue weighted by Gasteiger charge is 2.22. The van der Waals surface area contributed by atoms with Crippen molar-refractivity contribution in [2.24, 2.45) is 5.73 Å². The first-order valence-electron chi connectivity index (χ1n) is 4.23. The summed E-state index contributed by atoms with van der Waals surface area (Å²) < 4.78 is 5.07. The lowest BCUT2D eigenvalue weighted by atomic mass is 10.1. The highest BCUT2D eigenvalue weighted by atomic mass is 32.1. The van der Waals surface area contributed by atoms with Crippen molar-refractivity contribution < 1.29 is 4.52 Å². The van der Waals surface area contributed by atoms with E-state index < -0.39 is 5.54 Å².